The molecule has 104 valence electrons. The number of ether oxygens (including phenoxy) is 2. The van der Waals surface area contributed by atoms with Gasteiger partial charge in [-0.25, -0.2) is 4.79 Å². The number of carbonyl (C=O) groups is 2. The van der Waals surface area contributed by atoms with Crippen molar-refractivity contribution in [3.05, 3.63) is 23.8 Å². The standard InChI is InChI=1S/C13H17NO5/c1-7(2)11(13(16)17)19-10-5-8(12(14)15)4-9(6-10)18-3/h4-7,11H,1-3H3,(H2,14,15)(H,16,17). The zero-order valence-corrected chi connectivity index (χ0v) is 11.0. The second-order valence-electron chi connectivity index (χ2n) is 4.38. The zero-order valence-electron chi connectivity index (χ0n) is 11.0. The van der Waals surface area contributed by atoms with E-state index in [0.717, 1.165) is 0 Å². The Labute approximate surface area is 111 Å². The van der Waals surface area contributed by atoms with Crippen LogP contribution in [0, 0.1) is 5.92 Å². The van der Waals surface area contributed by atoms with E-state index in [9.17, 15) is 9.59 Å². The Morgan fingerprint density at radius 1 is 1.21 bits per heavy atom. The van der Waals surface area contributed by atoms with Crippen molar-refractivity contribution < 1.29 is 24.2 Å². The molecule has 0 saturated carbocycles. The van der Waals surface area contributed by atoms with Gasteiger partial charge in [-0.1, -0.05) is 13.8 Å². The Balaban J connectivity index is 3.08. The second-order valence-corrected chi connectivity index (χ2v) is 4.38. The molecule has 6 nitrogen and oxygen atoms in total. The second kappa shape index (κ2) is 6.08. The third-order valence-corrected chi connectivity index (χ3v) is 2.51. The van der Waals surface area contributed by atoms with Crippen molar-refractivity contribution in [2.75, 3.05) is 7.11 Å². The van der Waals surface area contributed by atoms with E-state index in [2.05, 4.69) is 0 Å². The Morgan fingerprint density at radius 2 is 1.79 bits per heavy atom. The summed E-state index contributed by atoms with van der Waals surface area (Å²) in [7, 11) is 1.43. The van der Waals surface area contributed by atoms with Crippen LogP contribution in [-0.4, -0.2) is 30.2 Å². The van der Waals surface area contributed by atoms with E-state index in [4.69, 9.17) is 20.3 Å². The molecule has 1 atom stereocenters. The molecule has 1 aromatic rings. The normalized spacial score (nSPS) is 12.0. The number of rotatable bonds is 6. The van der Waals surface area contributed by atoms with Gasteiger partial charge in [-0.3, -0.25) is 4.79 Å². The Hall–Kier alpha value is -2.24. The minimum absolute atomic E-state index is 0.197. The van der Waals surface area contributed by atoms with Gasteiger partial charge in [-0.15, -0.1) is 0 Å². The van der Waals surface area contributed by atoms with Crippen molar-refractivity contribution in [3.63, 3.8) is 0 Å². The molecule has 1 rings (SSSR count). The highest BCUT2D eigenvalue weighted by molar-refractivity contribution is 5.93. The van der Waals surface area contributed by atoms with Crippen LogP contribution in [0.2, 0.25) is 0 Å². The van der Waals surface area contributed by atoms with Gasteiger partial charge in [0.05, 0.1) is 7.11 Å². The number of carboxylic acids is 1. The predicted octanol–water partition coefficient (Wildman–Crippen LogP) is 1.28. The van der Waals surface area contributed by atoms with Gasteiger partial charge < -0.3 is 20.3 Å². The largest absolute Gasteiger partial charge is 0.497 e. The zero-order chi connectivity index (χ0) is 14.6. The number of carbonyl (C=O) groups excluding carboxylic acids is 1. The van der Waals surface area contributed by atoms with Gasteiger partial charge >= 0.3 is 5.97 Å². The van der Waals surface area contributed by atoms with E-state index in [1.165, 1.54) is 25.3 Å². The minimum Gasteiger partial charge on any atom is -0.497 e. The minimum atomic E-state index is -1.07. The number of hydrogen-bond donors (Lipinski definition) is 2. The fourth-order valence-corrected chi connectivity index (χ4v) is 1.52. The summed E-state index contributed by atoms with van der Waals surface area (Å²) in [4.78, 5) is 22.2. The Bertz CT molecular complexity index is 484. The average molecular weight is 267 g/mol. The first-order valence-corrected chi connectivity index (χ1v) is 5.73. The van der Waals surface area contributed by atoms with E-state index in [0.29, 0.717) is 5.75 Å². The molecule has 0 saturated heterocycles. The first kappa shape index (κ1) is 14.8. The Morgan fingerprint density at radius 3 is 2.21 bits per heavy atom. The molecular formula is C13H17NO5. The summed E-state index contributed by atoms with van der Waals surface area (Å²) in [6, 6.07) is 4.36. The number of benzene rings is 1. The van der Waals surface area contributed by atoms with E-state index in [1.807, 2.05) is 0 Å². The average Bonchev–Trinajstić information content (AvgIpc) is 2.34. The van der Waals surface area contributed by atoms with Gasteiger partial charge in [0.25, 0.3) is 0 Å². The van der Waals surface area contributed by atoms with Crippen molar-refractivity contribution in [1.29, 1.82) is 0 Å². The maximum atomic E-state index is 11.2. The molecule has 0 aliphatic rings. The van der Waals surface area contributed by atoms with E-state index >= 15 is 0 Å². The van der Waals surface area contributed by atoms with Gasteiger partial charge in [-0.05, 0) is 12.1 Å². The van der Waals surface area contributed by atoms with Crippen molar-refractivity contribution in [2.24, 2.45) is 11.7 Å². The topological polar surface area (TPSA) is 98.8 Å². The lowest BCUT2D eigenvalue weighted by atomic mass is 10.1. The van der Waals surface area contributed by atoms with E-state index in [-0.39, 0.29) is 17.2 Å². The fourth-order valence-electron chi connectivity index (χ4n) is 1.52. The summed E-state index contributed by atoms with van der Waals surface area (Å²) < 4.78 is 10.4. The highest BCUT2D eigenvalue weighted by Crippen LogP contribution is 2.24. The lowest BCUT2D eigenvalue weighted by molar-refractivity contribution is -0.147. The molecule has 0 spiro atoms. The SMILES string of the molecule is COc1cc(OC(C(=O)O)C(C)C)cc(C(N)=O)c1. The molecule has 0 aliphatic carbocycles. The van der Waals surface area contributed by atoms with Crippen LogP contribution < -0.4 is 15.2 Å². The van der Waals surface area contributed by atoms with Crippen LogP contribution in [-0.2, 0) is 4.79 Å². The quantitative estimate of drug-likeness (QED) is 0.809. The number of methoxy groups -OCH3 is 1. The van der Waals surface area contributed by atoms with Crippen LogP contribution in [0.15, 0.2) is 18.2 Å². The monoisotopic (exact) mass is 267 g/mol. The first-order valence-electron chi connectivity index (χ1n) is 5.73. The van der Waals surface area contributed by atoms with Crippen molar-refractivity contribution in [1.82, 2.24) is 0 Å². The summed E-state index contributed by atoms with van der Waals surface area (Å²) >= 11 is 0. The van der Waals surface area contributed by atoms with Crippen LogP contribution in [0.4, 0.5) is 0 Å². The summed E-state index contributed by atoms with van der Waals surface area (Å²) in [5.74, 6) is -1.33. The van der Waals surface area contributed by atoms with Crippen molar-refractivity contribution in [2.45, 2.75) is 20.0 Å². The number of amides is 1. The van der Waals surface area contributed by atoms with Crippen LogP contribution in [0.3, 0.4) is 0 Å². The van der Waals surface area contributed by atoms with Gasteiger partial charge in [0.2, 0.25) is 5.91 Å². The summed E-state index contributed by atoms with van der Waals surface area (Å²) in [6.07, 6.45) is -1.01. The van der Waals surface area contributed by atoms with Crippen LogP contribution in [0.5, 0.6) is 11.5 Å². The van der Waals surface area contributed by atoms with Gasteiger partial charge in [0.15, 0.2) is 6.10 Å². The van der Waals surface area contributed by atoms with Crippen LogP contribution >= 0.6 is 0 Å². The lowest BCUT2D eigenvalue weighted by Gasteiger charge is -2.19. The maximum Gasteiger partial charge on any atom is 0.345 e. The maximum absolute atomic E-state index is 11.2. The molecule has 1 amide bonds. The molecule has 19 heavy (non-hydrogen) atoms. The molecule has 1 aromatic carbocycles. The molecule has 0 fully saturated rings. The molecule has 6 heteroatoms. The molecule has 1 unspecified atom stereocenters. The lowest BCUT2D eigenvalue weighted by Crippen LogP contribution is -2.32. The van der Waals surface area contributed by atoms with Crippen LogP contribution in [0.25, 0.3) is 0 Å². The number of carboxylic acid groups (broad SMARTS) is 1. The van der Waals surface area contributed by atoms with E-state index < -0.39 is 18.0 Å². The number of aliphatic carboxylic acids is 1. The summed E-state index contributed by atoms with van der Waals surface area (Å²) in [5, 5.41) is 9.06. The predicted molar refractivity (Wildman–Crippen MR) is 68.4 cm³/mol. The number of nitrogens with two attached hydrogens (primary N) is 1. The highest BCUT2D eigenvalue weighted by atomic mass is 16.5. The highest BCUT2D eigenvalue weighted by Gasteiger charge is 2.24. The third-order valence-electron chi connectivity index (χ3n) is 2.51. The van der Waals surface area contributed by atoms with Gasteiger partial charge in [0, 0.05) is 17.5 Å². The van der Waals surface area contributed by atoms with Crippen molar-refractivity contribution >= 4 is 11.9 Å². The van der Waals surface area contributed by atoms with Crippen LogP contribution in [0.1, 0.15) is 24.2 Å². The molecule has 0 radical (unpaired) electrons. The molecule has 0 aromatic heterocycles. The van der Waals surface area contributed by atoms with Gasteiger partial charge in [-0.2, -0.15) is 0 Å². The third kappa shape index (κ3) is 3.87. The molecule has 0 bridgehead atoms. The van der Waals surface area contributed by atoms with Crippen molar-refractivity contribution in [3.8, 4) is 11.5 Å². The summed E-state index contributed by atoms with van der Waals surface area (Å²) in [5.41, 5.74) is 5.39. The Kier molecular flexibility index (Phi) is 4.74. The van der Waals surface area contributed by atoms with E-state index in [1.54, 1.807) is 13.8 Å². The number of primary amides is 1. The smallest absolute Gasteiger partial charge is 0.345 e. The first-order chi connectivity index (χ1) is 8.85. The fraction of sp³-hybridized carbons (Fsp3) is 0.385. The number of hydrogen-bond acceptors (Lipinski definition) is 4. The molecule has 3 N–H and O–H groups in total. The molecular weight excluding hydrogens is 250 g/mol. The molecule has 0 aliphatic heterocycles. The van der Waals surface area contributed by atoms with Gasteiger partial charge in [0.1, 0.15) is 11.5 Å². The summed E-state index contributed by atoms with van der Waals surface area (Å²) in [6.45, 7) is 3.46. The molecule has 0 heterocycles.